The molecule has 0 spiro atoms. The van der Waals surface area contributed by atoms with Gasteiger partial charge in [-0.1, -0.05) is 44.8 Å². The standard InChI is InChI=1S/C17H11BrClN4/c18-13-5-9-15(10-6-13)22-21-17(12-3-7-14(19)8-4-12)16-2-1-11-20-23(16)22/h1-11H/q+1. The summed E-state index contributed by atoms with van der Waals surface area (Å²) in [6.45, 7) is 0. The van der Waals surface area contributed by atoms with E-state index in [1.807, 2.05) is 60.7 Å². The van der Waals surface area contributed by atoms with Crippen LogP contribution in [0.5, 0.6) is 0 Å². The van der Waals surface area contributed by atoms with Gasteiger partial charge in [0.05, 0.1) is 0 Å². The fraction of sp³-hybridized carbons (Fsp3) is 0. The molecule has 0 N–H and O–H groups in total. The van der Waals surface area contributed by atoms with Gasteiger partial charge in [-0.25, -0.2) is 0 Å². The van der Waals surface area contributed by atoms with Crippen LogP contribution in [0.1, 0.15) is 0 Å². The lowest BCUT2D eigenvalue weighted by Crippen LogP contribution is -2.40. The third-order valence-corrected chi connectivity index (χ3v) is 4.30. The van der Waals surface area contributed by atoms with E-state index in [-0.39, 0.29) is 0 Å². The number of rotatable bonds is 2. The van der Waals surface area contributed by atoms with Crippen LogP contribution in [0.25, 0.3) is 22.5 Å². The number of halogens is 2. The van der Waals surface area contributed by atoms with Gasteiger partial charge in [-0.2, -0.15) is 0 Å². The van der Waals surface area contributed by atoms with E-state index in [0.717, 1.165) is 26.9 Å². The van der Waals surface area contributed by atoms with Crippen LogP contribution in [0.4, 0.5) is 0 Å². The van der Waals surface area contributed by atoms with Crippen LogP contribution in [-0.2, 0) is 0 Å². The molecule has 0 aliphatic carbocycles. The predicted molar refractivity (Wildman–Crippen MR) is 92.7 cm³/mol. The van der Waals surface area contributed by atoms with Crippen molar-refractivity contribution in [2.75, 3.05) is 0 Å². The van der Waals surface area contributed by atoms with E-state index >= 15 is 0 Å². The lowest BCUT2D eigenvalue weighted by Gasteiger charge is -1.95. The molecule has 0 fully saturated rings. The SMILES string of the molecule is Clc1ccc(-c2n[n+](-c3ccc(Br)cc3)n3ncccc23)cc1. The van der Waals surface area contributed by atoms with E-state index in [1.54, 1.807) is 15.6 Å². The fourth-order valence-corrected chi connectivity index (χ4v) is 2.82. The van der Waals surface area contributed by atoms with E-state index in [2.05, 4.69) is 21.0 Å². The molecule has 0 aliphatic heterocycles. The third kappa shape index (κ3) is 2.62. The van der Waals surface area contributed by atoms with Gasteiger partial charge in [0.15, 0.2) is 17.4 Å². The highest BCUT2D eigenvalue weighted by atomic mass is 79.9. The topological polar surface area (TPSA) is 34.1 Å². The minimum Gasteiger partial charge on any atom is -0.0843 e. The van der Waals surface area contributed by atoms with Gasteiger partial charge in [0.25, 0.3) is 0 Å². The highest BCUT2D eigenvalue weighted by molar-refractivity contribution is 9.10. The van der Waals surface area contributed by atoms with Gasteiger partial charge in [0.1, 0.15) is 5.69 Å². The van der Waals surface area contributed by atoms with Gasteiger partial charge in [-0.05, 0) is 53.3 Å². The molecule has 0 radical (unpaired) electrons. The molecule has 0 aliphatic rings. The first-order valence-corrected chi connectivity index (χ1v) is 8.18. The van der Waals surface area contributed by atoms with Crippen molar-refractivity contribution in [3.05, 3.63) is 76.4 Å². The van der Waals surface area contributed by atoms with Gasteiger partial charge in [0, 0.05) is 24.8 Å². The van der Waals surface area contributed by atoms with Crippen LogP contribution in [0.3, 0.4) is 0 Å². The van der Waals surface area contributed by atoms with Crippen molar-refractivity contribution in [3.63, 3.8) is 0 Å². The van der Waals surface area contributed by atoms with Crippen molar-refractivity contribution in [1.29, 1.82) is 0 Å². The summed E-state index contributed by atoms with van der Waals surface area (Å²) in [5.74, 6) is 0. The van der Waals surface area contributed by atoms with Crippen molar-refractivity contribution >= 4 is 33.0 Å². The largest absolute Gasteiger partial charge is 0.180 e. The molecule has 23 heavy (non-hydrogen) atoms. The Morgan fingerprint density at radius 1 is 0.957 bits per heavy atom. The maximum absolute atomic E-state index is 5.99. The van der Waals surface area contributed by atoms with E-state index in [9.17, 15) is 0 Å². The molecule has 4 nitrogen and oxygen atoms in total. The Morgan fingerprint density at radius 2 is 1.70 bits per heavy atom. The molecular weight excluding hydrogens is 376 g/mol. The number of hydrogen-bond donors (Lipinski definition) is 0. The van der Waals surface area contributed by atoms with Gasteiger partial charge in [0.2, 0.25) is 0 Å². The second-order valence-electron chi connectivity index (χ2n) is 5.02. The van der Waals surface area contributed by atoms with Gasteiger partial charge in [-0.3, -0.25) is 0 Å². The number of fused-ring (bicyclic) bond motifs is 1. The summed E-state index contributed by atoms with van der Waals surface area (Å²) in [5, 5.41) is 9.88. The zero-order chi connectivity index (χ0) is 15.8. The molecule has 2 aromatic heterocycles. The molecule has 0 unspecified atom stereocenters. The summed E-state index contributed by atoms with van der Waals surface area (Å²) in [5.41, 5.74) is 3.72. The molecule has 2 heterocycles. The van der Waals surface area contributed by atoms with E-state index in [4.69, 9.17) is 16.7 Å². The Labute approximate surface area is 146 Å². The first-order chi connectivity index (χ1) is 11.2. The van der Waals surface area contributed by atoms with Gasteiger partial charge < -0.3 is 0 Å². The Balaban J connectivity index is 1.96. The van der Waals surface area contributed by atoms with Crippen molar-refractivity contribution in [3.8, 4) is 16.9 Å². The Kier molecular flexibility index (Phi) is 3.59. The van der Waals surface area contributed by atoms with Gasteiger partial charge >= 0.3 is 0 Å². The summed E-state index contributed by atoms with van der Waals surface area (Å²) in [7, 11) is 0. The second kappa shape index (κ2) is 5.76. The minimum absolute atomic E-state index is 0.705. The molecule has 0 saturated heterocycles. The molecule has 4 rings (SSSR count). The summed E-state index contributed by atoms with van der Waals surface area (Å²) >= 11 is 9.44. The minimum atomic E-state index is 0.705. The zero-order valence-electron chi connectivity index (χ0n) is 11.9. The van der Waals surface area contributed by atoms with E-state index in [0.29, 0.717) is 5.02 Å². The number of aromatic nitrogens is 4. The van der Waals surface area contributed by atoms with Crippen LogP contribution in [0.2, 0.25) is 5.02 Å². The van der Waals surface area contributed by atoms with Crippen molar-refractivity contribution in [2.24, 2.45) is 0 Å². The normalized spacial score (nSPS) is 11.0. The highest BCUT2D eigenvalue weighted by Gasteiger charge is 2.20. The molecule has 6 heteroatoms. The quantitative estimate of drug-likeness (QED) is 0.486. The molecule has 4 aromatic rings. The Bertz CT molecular complexity index is 898. The summed E-state index contributed by atoms with van der Waals surface area (Å²) in [6, 6.07) is 19.5. The fourth-order valence-electron chi connectivity index (χ4n) is 2.43. The van der Waals surface area contributed by atoms with Crippen molar-refractivity contribution in [1.82, 2.24) is 14.8 Å². The molecule has 0 saturated carbocycles. The average Bonchev–Trinajstić information content (AvgIpc) is 2.96. The smallest absolute Gasteiger partial charge is 0.0843 e. The van der Waals surface area contributed by atoms with Gasteiger partial charge in [-0.15, -0.1) is 0 Å². The summed E-state index contributed by atoms with van der Waals surface area (Å²) in [6.07, 6.45) is 1.75. The number of hydrogen-bond acceptors (Lipinski definition) is 2. The molecule has 112 valence electrons. The van der Waals surface area contributed by atoms with Crippen LogP contribution in [0, 0.1) is 0 Å². The lowest BCUT2D eigenvalue weighted by atomic mass is 10.1. The number of benzene rings is 2. The van der Waals surface area contributed by atoms with E-state index in [1.165, 1.54) is 0 Å². The first-order valence-electron chi connectivity index (χ1n) is 7.01. The molecule has 0 bridgehead atoms. The summed E-state index contributed by atoms with van der Waals surface area (Å²) in [4.78, 5) is 1.78. The zero-order valence-corrected chi connectivity index (χ0v) is 14.2. The first kappa shape index (κ1) is 14.4. The second-order valence-corrected chi connectivity index (χ2v) is 6.37. The molecule has 0 amide bonds. The maximum Gasteiger partial charge on any atom is 0.180 e. The van der Waals surface area contributed by atoms with E-state index < -0.39 is 0 Å². The molecular formula is C17H11BrClN4+. The molecule has 0 atom stereocenters. The Morgan fingerprint density at radius 3 is 2.43 bits per heavy atom. The Hall–Kier alpha value is -2.24. The molecule has 2 aromatic carbocycles. The lowest BCUT2D eigenvalue weighted by molar-refractivity contribution is -0.729. The highest BCUT2D eigenvalue weighted by Crippen LogP contribution is 2.23. The maximum atomic E-state index is 5.99. The van der Waals surface area contributed by atoms with Crippen LogP contribution in [-0.4, -0.2) is 14.8 Å². The monoisotopic (exact) mass is 385 g/mol. The average molecular weight is 387 g/mol. The van der Waals surface area contributed by atoms with Crippen LogP contribution >= 0.6 is 27.5 Å². The van der Waals surface area contributed by atoms with Crippen LogP contribution < -0.4 is 4.80 Å². The summed E-state index contributed by atoms with van der Waals surface area (Å²) < 4.78 is 2.81. The van der Waals surface area contributed by atoms with Crippen molar-refractivity contribution in [2.45, 2.75) is 0 Å². The van der Waals surface area contributed by atoms with Crippen molar-refractivity contribution < 1.29 is 4.80 Å². The van der Waals surface area contributed by atoms with Crippen LogP contribution in [0.15, 0.2) is 71.3 Å². The number of nitrogens with zero attached hydrogens (tertiary/aromatic N) is 4. The third-order valence-electron chi connectivity index (χ3n) is 3.52. The predicted octanol–water partition coefficient (Wildman–Crippen LogP) is 4.09.